The Labute approximate surface area is 189 Å². The number of nitrogens with zero attached hydrogens (tertiary/aromatic N) is 7. The number of anilines is 1. The Morgan fingerprint density at radius 1 is 1.24 bits per heavy atom. The summed E-state index contributed by atoms with van der Waals surface area (Å²) in [5, 5.41) is 18.6. The van der Waals surface area contributed by atoms with E-state index in [1.54, 1.807) is 19.5 Å². The van der Waals surface area contributed by atoms with Crippen LogP contribution in [0.1, 0.15) is 38.6 Å². The fourth-order valence-corrected chi connectivity index (χ4v) is 5.39. The monoisotopic (exact) mass is 449 g/mol. The Hall–Kier alpha value is -3.32. The molecule has 2 atom stereocenters. The summed E-state index contributed by atoms with van der Waals surface area (Å²) in [7, 11) is 1.71. The third-order valence-electron chi connectivity index (χ3n) is 7.60. The number of fused-ring (bicyclic) bond motifs is 1. The highest BCUT2D eigenvalue weighted by atomic mass is 19.1. The van der Waals surface area contributed by atoms with Crippen molar-refractivity contribution in [3.63, 3.8) is 0 Å². The molecule has 1 aliphatic heterocycles. The van der Waals surface area contributed by atoms with Crippen molar-refractivity contribution >= 4 is 17.2 Å². The summed E-state index contributed by atoms with van der Waals surface area (Å²) in [5.74, 6) is -0.758. The maximum atomic E-state index is 14.7. The molecule has 6 rings (SSSR count). The van der Waals surface area contributed by atoms with E-state index in [-0.39, 0.29) is 41.2 Å². The molecular formula is C23H24FN7O2. The van der Waals surface area contributed by atoms with Gasteiger partial charge in [0.2, 0.25) is 5.91 Å². The first-order chi connectivity index (χ1) is 16.0. The second-order valence-electron chi connectivity index (χ2n) is 9.50. The minimum Gasteiger partial charge on any atom is -0.381 e. The number of methoxy groups -OCH3 is 1. The molecule has 1 saturated heterocycles. The normalized spacial score (nSPS) is 29.5. The standard InChI is InChI=1S/C23H24FN7O2/c1-13-9-29(22(32)23(13,12-25)15-3-4-15)21-20-18(24)8-27-31(20)11-19(28-21)14-7-26-30(10-14)16-5-17(6-16)33-2/h7-8,10-11,13,15-17H,3-6,9H2,1-2H3/t13-,16?,17?,23+/m1/s1. The zero-order valence-corrected chi connectivity index (χ0v) is 18.5. The first-order valence-corrected chi connectivity index (χ1v) is 11.3. The molecule has 3 aliphatic rings. The third kappa shape index (κ3) is 2.85. The minimum absolute atomic E-state index is 0.0561. The quantitative estimate of drug-likeness (QED) is 0.594. The molecule has 4 heterocycles. The van der Waals surface area contributed by atoms with Gasteiger partial charge in [-0.3, -0.25) is 14.4 Å². The fraction of sp³-hybridized carbons (Fsp3) is 0.522. The van der Waals surface area contributed by atoms with Crippen molar-refractivity contribution in [3.05, 3.63) is 30.6 Å². The number of hydrogen-bond acceptors (Lipinski definition) is 6. The number of rotatable bonds is 5. The number of hydrogen-bond donors (Lipinski definition) is 0. The first-order valence-electron chi connectivity index (χ1n) is 11.3. The third-order valence-corrected chi connectivity index (χ3v) is 7.60. The Morgan fingerprint density at radius 3 is 2.73 bits per heavy atom. The van der Waals surface area contributed by atoms with Crippen LogP contribution in [0.4, 0.5) is 10.2 Å². The summed E-state index contributed by atoms with van der Waals surface area (Å²) in [5.41, 5.74) is 0.357. The lowest BCUT2D eigenvalue weighted by molar-refractivity contribution is -0.124. The van der Waals surface area contributed by atoms with E-state index in [4.69, 9.17) is 9.72 Å². The molecule has 3 aromatic heterocycles. The second kappa shape index (κ2) is 7.09. The van der Waals surface area contributed by atoms with Crippen LogP contribution in [0.3, 0.4) is 0 Å². The van der Waals surface area contributed by atoms with Gasteiger partial charge in [0.05, 0.1) is 42.5 Å². The lowest BCUT2D eigenvalue weighted by Gasteiger charge is -2.34. The molecule has 0 unspecified atom stereocenters. The first kappa shape index (κ1) is 20.3. The molecule has 3 fully saturated rings. The molecule has 33 heavy (non-hydrogen) atoms. The number of aromatic nitrogens is 5. The average molecular weight is 449 g/mol. The van der Waals surface area contributed by atoms with E-state index in [0.717, 1.165) is 37.4 Å². The van der Waals surface area contributed by atoms with Crippen molar-refractivity contribution in [1.29, 1.82) is 5.26 Å². The average Bonchev–Trinajstić information content (AvgIpc) is 3.30. The van der Waals surface area contributed by atoms with Crippen LogP contribution in [0.2, 0.25) is 0 Å². The van der Waals surface area contributed by atoms with Crippen molar-refractivity contribution in [2.45, 2.75) is 44.8 Å². The summed E-state index contributed by atoms with van der Waals surface area (Å²) in [6.45, 7) is 2.24. The van der Waals surface area contributed by atoms with Gasteiger partial charge in [-0.05, 0) is 31.6 Å². The van der Waals surface area contributed by atoms with Gasteiger partial charge < -0.3 is 4.74 Å². The van der Waals surface area contributed by atoms with Gasteiger partial charge in [0, 0.05) is 31.3 Å². The van der Waals surface area contributed by atoms with Gasteiger partial charge in [0.25, 0.3) is 0 Å². The van der Waals surface area contributed by atoms with E-state index in [0.29, 0.717) is 12.2 Å². The van der Waals surface area contributed by atoms with Crippen LogP contribution < -0.4 is 4.90 Å². The Morgan fingerprint density at radius 2 is 2.03 bits per heavy atom. The van der Waals surface area contributed by atoms with Crippen LogP contribution in [-0.4, -0.2) is 50.0 Å². The zero-order valence-electron chi connectivity index (χ0n) is 18.5. The van der Waals surface area contributed by atoms with Crippen molar-refractivity contribution in [1.82, 2.24) is 24.4 Å². The predicted molar refractivity (Wildman–Crippen MR) is 116 cm³/mol. The SMILES string of the molecule is COC1CC(n2cc(-c3cn4ncc(F)c4c(N4C[C@@H](C)[C@@](C#N)(C5CC5)C4=O)n3)cn2)C1. The number of carbonyl (C=O) groups excluding carboxylic acids is 1. The molecule has 0 aromatic carbocycles. The van der Waals surface area contributed by atoms with E-state index >= 15 is 0 Å². The van der Waals surface area contributed by atoms with Gasteiger partial charge in [-0.1, -0.05) is 6.92 Å². The van der Waals surface area contributed by atoms with Crippen LogP contribution in [0, 0.1) is 34.4 Å². The highest BCUT2D eigenvalue weighted by Crippen LogP contribution is 2.54. The van der Waals surface area contributed by atoms with Gasteiger partial charge >= 0.3 is 0 Å². The van der Waals surface area contributed by atoms with Gasteiger partial charge in [-0.25, -0.2) is 13.9 Å². The number of carbonyl (C=O) groups is 1. The van der Waals surface area contributed by atoms with Gasteiger partial charge in [-0.15, -0.1) is 0 Å². The second-order valence-corrected chi connectivity index (χ2v) is 9.50. The molecular weight excluding hydrogens is 425 g/mol. The lowest BCUT2D eigenvalue weighted by Crippen LogP contribution is -2.37. The predicted octanol–water partition coefficient (Wildman–Crippen LogP) is 2.98. The maximum absolute atomic E-state index is 14.7. The molecule has 0 spiro atoms. The molecule has 9 nitrogen and oxygen atoms in total. The molecule has 0 N–H and O–H groups in total. The Kier molecular flexibility index (Phi) is 4.36. The Bertz CT molecular complexity index is 1300. The zero-order chi connectivity index (χ0) is 22.9. The van der Waals surface area contributed by atoms with E-state index in [9.17, 15) is 14.4 Å². The topological polar surface area (TPSA) is 101 Å². The molecule has 10 heteroatoms. The van der Waals surface area contributed by atoms with Gasteiger partial charge in [-0.2, -0.15) is 15.5 Å². The molecule has 2 aliphatic carbocycles. The van der Waals surface area contributed by atoms with E-state index in [2.05, 4.69) is 16.3 Å². The van der Waals surface area contributed by atoms with Crippen LogP contribution in [0.5, 0.6) is 0 Å². The number of nitriles is 1. The minimum atomic E-state index is -1.07. The molecule has 0 bridgehead atoms. The van der Waals surface area contributed by atoms with E-state index in [1.165, 1.54) is 9.42 Å². The van der Waals surface area contributed by atoms with Crippen LogP contribution in [-0.2, 0) is 9.53 Å². The largest absolute Gasteiger partial charge is 0.381 e. The summed E-state index contributed by atoms with van der Waals surface area (Å²) in [4.78, 5) is 19.8. The number of ether oxygens (including phenoxy) is 1. The van der Waals surface area contributed by atoms with Gasteiger partial charge in [0.15, 0.2) is 11.6 Å². The molecule has 1 amide bonds. The van der Waals surface area contributed by atoms with Crippen molar-refractivity contribution in [3.8, 4) is 17.3 Å². The molecule has 2 saturated carbocycles. The van der Waals surface area contributed by atoms with Crippen LogP contribution in [0.15, 0.2) is 24.8 Å². The fourth-order valence-electron chi connectivity index (χ4n) is 5.39. The lowest BCUT2D eigenvalue weighted by atomic mass is 9.75. The van der Waals surface area contributed by atoms with Crippen molar-refractivity contribution < 1.29 is 13.9 Å². The van der Waals surface area contributed by atoms with Crippen molar-refractivity contribution in [2.24, 2.45) is 17.3 Å². The van der Waals surface area contributed by atoms with Crippen LogP contribution >= 0.6 is 0 Å². The van der Waals surface area contributed by atoms with Crippen molar-refractivity contribution in [2.75, 3.05) is 18.6 Å². The summed E-state index contributed by atoms with van der Waals surface area (Å²) < 4.78 is 23.4. The summed E-state index contributed by atoms with van der Waals surface area (Å²) >= 11 is 0. The highest BCUT2D eigenvalue weighted by Gasteiger charge is 2.61. The maximum Gasteiger partial charge on any atom is 0.249 e. The summed E-state index contributed by atoms with van der Waals surface area (Å²) in [6.07, 6.45) is 10.2. The van der Waals surface area contributed by atoms with E-state index in [1.807, 2.05) is 17.8 Å². The van der Waals surface area contributed by atoms with Gasteiger partial charge in [0.1, 0.15) is 10.9 Å². The molecule has 170 valence electrons. The number of amides is 1. The molecule has 0 radical (unpaired) electrons. The van der Waals surface area contributed by atoms with Crippen LogP contribution in [0.25, 0.3) is 16.8 Å². The molecule has 3 aromatic rings. The van der Waals surface area contributed by atoms with E-state index < -0.39 is 11.2 Å². The highest BCUT2D eigenvalue weighted by molar-refractivity contribution is 6.04. The summed E-state index contributed by atoms with van der Waals surface area (Å²) in [6, 6.07) is 2.59. The smallest absolute Gasteiger partial charge is 0.249 e. The Balaban J connectivity index is 1.41. The number of halogens is 1.